The normalized spacial score (nSPS) is 12.9. The first-order chi connectivity index (χ1) is 8.11. The van der Waals surface area contributed by atoms with Crippen molar-refractivity contribution in [1.82, 2.24) is 9.78 Å². The van der Waals surface area contributed by atoms with Crippen LogP contribution in [0.5, 0.6) is 0 Å². The minimum Gasteiger partial charge on any atom is -0.465 e. The van der Waals surface area contributed by atoms with Crippen LogP contribution in [0.15, 0.2) is 27.3 Å². The highest BCUT2D eigenvalue weighted by molar-refractivity contribution is 9.10. The van der Waals surface area contributed by atoms with Gasteiger partial charge in [0.25, 0.3) is 0 Å². The predicted octanol–water partition coefficient (Wildman–Crippen LogP) is 2.84. The molecular weight excluding hydrogens is 284 g/mol. The number of hydrogen-bond donors (Lipinski definition) is 1. The van der Waals surface area contributed by atoms with Gasteiger partial charge in [-0.2, -0.15) is 5.10 Å². The number of aliphatic hydroxyl groups is 1. The number of nitrogens with zero attached hydrogens (tertiary/aromatic N) is 2. The van der Waals surface area contributed by atoms with Gasteiger partial charge in [0.15, 0.2) is 0 Å². The van der Waals surface area contributed by atoms with Gasteiger partial charge in [-0.05, 0) is 41.9 Å². The molecule has 0 saturated carbocycles. The van der Waals surface area contributed by atoms with Crippen molar-refractivity contribution in [2.24, 2.45) is 0 Å². The lowest BCUT2D eigenvalue weighted by molar-refractivity contribution is 0.146. The highest BCUT2D eigenvalue weighted by Crippen LogP contribution is 2.27. The highest BCUT2D eigenvalue weighted by Gasteiger charge is 2.17. The van der Waals surface area contributed by atoms with Crippen molar-refractivity contribution in [3.8, 4) is 0 Å². The molecule has 2 rings (SSSR count). The highest BCUT2D eigenvalue weighted by atomic mass is 79.9. The van der Waals surface area contributed by atoms with E-state index in [9.17, 15) is 5.11 Å². The average Bonchev–Trinajstić information content (AvgIpc) is 2.84. The van der Waals surface area contributed by atoms with Crippen molar-refractivity contribution >= 4 is 15.9 Å². The van der Waals surface area contributed by atoms with Gasteiger partial charge in [-0.1, -0.05) is 0 Å². The summed E-state index contributed by atoms with van der Waals surface area (Å²) in [6.45, 7) is 4.78. The molecule has 2 aromatic heterocycles. The van der Waals surface area contributed by atoms with Crippen molar-refractivity contribution in [2.75, 3.05) is 0 Å². The SMILES string of the molecule is CCn1nc(C)cc1CC(O)c1occc1Br. The summed E-state index contributed by atoms with van der Waals surface area (Å²) in [5.74, 6) is 0.562. The Balaban J connectivity index is 2.18. The molecule has 1 N–H and O–H groups in total. The van der Waals surface area contributed by atoms with Gasteiger partial charge in [0.2, 0.25) is 0 Å². The molecule has 0 aliphatic heterocycles. The smallest absolute Gasteiger partial charge is 0.146 e. The molecule has 1 atom stereocenters. The van der Waals surface area contributed by atoms with Crippen LogP contribution >= 0.6 is 15.9 Å². The number of hydrogen-bond acceptors (Lipinski definition) is 3. The number of aryl methyl sites for hydroxylation is 2. The van der Waals surface area contributed by atoms with E-state index in [2.05, 4.69) is 21.0 Å². The molecule has 17 heavy (non-hydrogen) atoms. The zero-order chi connectivity index (χ0) is 12.4. The third kappa shape index (κ3) is 2.61. The molecular formula is C12H15BrN2O2. The molecule has 0 aromatic carbocycles. The third-order valence-electron chi connectivity index (χ3n) is 2.63. The van der Waals surface area contributed by atoms with Gasteiger partial charge in [0.1, 0.15) is 11.9 Å². The number of halogens is 1. The van der Waals surface area contributed by atoms with Gasteiger partial charge in [-0.25, -0.2) is 0 Å². The maximum Gasteiger partial charge on any atom is 0.146 e. The van der Waals surface area contributed by atoms with Crippen LogP contribution in [0.1, 0.15) is 30.2 Å². The molecule has 2 aromatic rings. The third-order valence-corrected chi connectivity index (χ3v) is 3.29. The number of aromatic nitrogens is 2. The molecule has 92 valence electrons. The molecule has 0 amide bonds. The van der Waals surface area contributed by atoms with Crippen molar-refractivity contribution in [3.05, 3.63) is 40.0 Å². The van der Waals surface area contributed by atoms with Crippen molar-refractivity contribution in [2.45, 2.75) is 32.9 Å². The van der Waals surface area contributed by atoms with E-state index in [-0.39, 0.29) is 0 Å². The lowest BCUT2D eigenvalue weighted by Gasteiger charge is -2.09. The number of furan rings is 1. The van der Waals surface area contributed by atoms with Crippen LogP contribution < -0.4 is 0 Å². The summed E-state index contributed by atoms with van der Waals surface area (Å²) in [4.78, 5) is 0. The largest absolute Gasteiger partial charge is 0.465 e. The molecule has 0 aliphatic rings. The summed E-state index contributed by atoms with van der Waals surface area (Å²) < 4.78 is 7.95. The minimum absolute atomic E-state index is 0.501. The van der Waals surface area contributed by atoms with Gasteiger partial charge in [-0.15, -0.1) is 0 Å². The Morgan fingerprint density at radius 2 is 2.35 bits per heavy atom. The van der Waals surface area contributed by atoms with Crippen molar-refractivity contribution < 1.29 is 9.52 Å². The number of aliphatic hydroxyl groups excluding tert-OH is 1. The Bertz CT molecular complexity index is 504. The standard InChI is InChI=1S/C12H15BrN2O2/c1-3-15-9(6-8(2)14-15)7-11(16)12-10(13)4-5-17-12/h4-6,11,16H,3,7H2,1-2H3. The number of rotatable bonds is 4. The van der Waals surface area contributed by atoms with E-state index in [4.69, 9.17) is 4.42 Å². The summed E-state index contributed by atoms with van der Waals surface area (Å²) in [6, 6.07) is 3.77. The van der Waals surface area contributed by atoms with Crippen LogP contribution in [0.4, 0.5) is 0 Å². The van der Waals surface area contributed by atoms with E-state index in [0.29, 0.717) is 12.2 Å². The summed E-state index contributed by atoms with van der Waals surface area (Å²) in [6.07, 6.45) is 1.41. The molecule has 0 fully saturated rings. The van der Waals surface area contributed by atoms with Gasteiger partial charge < -0.3 is 9.52 Å². The molecule has 5 heteroatoms. The van der Waals surface area contributed by atoms with E-state index in [0.717, 1.165) is 22.4 Å². The average molecular weight is 299 g/mol. The van der Waals surface area contributed by atoms with Crippen molar-refractivity contribution in [3.63, 3.8) is 0 Å². The Morgan fingerprint density at radius 1 is 1.59 bits per heavy atom. The van der Waals surface area contributed by atoms with E-state index < -0.39 is 6.10 Å². The maximum absolute atomic E-state index is 10.1. The van der Waals surface area contributed by atoms with Gasteiger partial charge in [0, 0.05) is 18.7 Å². The van der Waals surface area contributed by atoms with Crippen LogP contribution in [-0.2, 0) is 13.0 Å². The minimum atomic E-state index is -0.652. The summed E-state index contributed by atoms with van der Waals surface area (Å²) >= 11 is 3.34. The fourth-order valence-electron chi connectivity index (χ4n) is 1.87. The first-order valence-electron chi connectivity index (χ1n) is 5.56. The Morgan fingerprint density at radius 3 is 2.94 bits per heavy atom. The van der Waals surface area contributed by atoms with Gasteiger partial charge in [-0.3, -0.25) is 4.68 Å². The zero-order valence-corrected chi connectivity index (χ0v) is 11.4. The summed E-state index contributed by atoms with van der Waals surface area (Å²) in [7, 11) is 0. The second-order valence-electron chi connectivity index (χ2n) is 3.95. The van der Waals surface area contributed by atoms with Gasteiger partial charge in [0.05, 0.1) is 16.4 Å². The fourth-order valence-corrected chi connectivity index (χ4v) is 2.34. The monoisotopic (exact) mass is 298 g/mol. The molecule has 0 saturated heterocycles. The first-order valence-corrected chi connectivity index (χ1v) is 6.35. The second kappa shape index (κ2) is 5.06. The quantitative estimate of drug-likeness (QED) is 0.944. The van der Waals surface area contributed by atoms with Crippen LogP contribution in [0, 0.1) is 6.92 Å². The van der Waals surface area contributed by atoms with Crippen molar-refractivity contribution in [1.29, 1.82) is 0 Å². The van der Waals surface area contributed by atoms with E-state index >= 15 is 0 Å². The Kier molecular flexibility index (Phi) is 3.69. The second-order valence-corrected chi connectivity index (χ2v) is 4.80. The molecule has 1 unspecified atom stereocenters. The van der Waals surface area contributed by atoms with E-state index in [1.54, 1.807) is 12.3 Å². The summed E-state index contributed by atoms with van der Waals surface area (Å²) in [5.41, 5.74) is 1.98. The Hall–Kier alpha value is -1.07. The van der Waals surface area contributed by atoms with E-state index in [1.165, 1.54) is 0 Å². The van der Waals surface area contributed by atoms with Gasteiger partial charge >= 0.3 is 0 Å². The molecule has 4 nitrogen and oxygen atoms in total. The Labute approximate surface area is 108 Å². The zero-order valence-electron chi connectivity index (χ0n) is 9.85. The van der Waals surface area contributed by atoms with Crippen LogP contribution in [0.25, 0.3) is 0 Å². The van der Waals surface area contributed by atoms with Crippen LogP contribution in [-0.4, -0.2) is 14.9 Å². The summed E-state index contributed by atoms with van der Waals surface area (Å²) in [5, 5.41) is 14.5. The van der Waals surface area contributed by atoms with Crippen LogP contribution in [0.2, 0.25) is 0 Å². The lowest BCUT2D eigenvalue weighted by atomic mass is 10.1. The maximum atomic E-state index is 10.1. The molecule has 0 radical (unpaired) electrons. The van der Waals surface area contributed by atoms with E-state index in [1.807, 2.05) is 24.6 Å². The molecule has 0 spiro atoms. The topological polar surface area (TPSA) is 51.2 Å². The predicted molar refractivity (Wildman–Crippen MR) is 67.7 cm³/mol. The van der Waals surface area contributed by atoms with Crippen LogP contribution in [0.3, 0.4) is 0 Å². The first kappa shape index (κ1) is 12.4. The lowest BCUT2D eigenvalue weighted by Crippen LogP contribution is -2.08. The molecule has 2 heterocycles. The molecule has 0 bridgehead atoms. The fraction of sp³-hybridized carbons (Fsp3) is 0.417. The molecule has 0 aliphatic carbocycles.